The summed E-state index contributed by atoms with van der Waals surface area (Å²) in [6, 6.07) is 12.1. The Labute approximate surface area is 175 Å². The van der Waals surface area contributed by atoms with Gasteiger partial charge < -0.3 is 9.64 Å². The van der Waals surface area contributed by atoms with Gasteiger partial charge in [-0.2, -0.15) is 4.31 Å². The van der Waals surface area contributed by atoms with E-state index in [2.05, 4.69) is 0 Å². The fourth-order valence-electron chi connectivity index (χ4n) is 3.47. The number of benzene rings is 2. The Morgan fingerprint density at radius 2 is 1.72 bits per heavy atom. The zero-order valence-corrected chi connectivity index (χ0v) is 17.5. The van der Waals surface area contributed by atoms with Crippen LogP contribution >= 0.6 is 11.6 Å². The average Bonchev–Trinajstić information content (AvgIpc) is 2.73. The molecule has 0 bridgehead atoms. The van der Waals surface area contributed by atoms with Crippen LogP contribution in [-0.4, -0.2) is 56.3 Å². The van der Waals surface area contributed by atoms with E-state index in [4.69, 9.17) is 16.3 Å². The molecule has 0 radical (unpaired) electrons. The Hall–Kier alpha value is -2.35. The van der Waals surface area contributed by atoms with Crippen LogP contribution in [0.4, 0.5) is 0 Å². The molecule has 2 aliphatic rings. The van der Waals surface area contributed by atoms with Crippen LogP contribution in [0.5, 0.6) is 5.75 Å². The maximum atomic E-state index is 12.9. The van der Waals surface area contributed by atoms with Crippen LogP contribution in [0.3, 0.4) is 0 Å². The van der Waals surface area contributed by atoms with Crippen LogP contribution in [0.15, 0.2) is 52.9 Å². The van der Waals surface area contributed by atoms with Crippen LogP contribution in [-0.2, 0) is 14.8 Å². The normalized spacial score (nSPS) is 17.3. The van der Waals surface area contributed by atoms with Crippen LogP contribution in [0.1, 0.15) is 11.1 Å². The van der Waals surface area contributed by atoms with Gasteiger partial charge in [-0.3, -0.25) is 4.79 Å². The van der Waals surface area contributed by atoms with Gasteiger partial charge in [0.25, 0.3) is 5.91 Å². The number of ether oxygens (including phenoxy) is 1. The second kappa shape index (κ2) is 7.82. The van der Waals surface area contributed by atoms with Gasteiger partial charge in [-0.25, -0.2) is 8.42 Å². The summed E-state index contributed by atoms with van der Waals surface area (Å²) in [6.45, 7) is 3.30. The van der Waals surface area contributed by atoms with Crippen molar-refractivity contribution >= 4 is 33.6 Å². The number of halogens is 1. The third kappa shape index (κ3) is 4.03. The quantitative estimate of drug-likeness (QED) is 0.747. The summed E-state index contributed by atoms with van der Waals surface area (Å²) in [7, 11) is -3.56. The van der Waals surface area contributed by atoms with Crippen molar-refractivity contribution in [2.75, 3.05) is 32.8 Å². The van der Waals surface area contributed by atoms with Gasteiger partial charge in [-0.15, -0.1) is 0 Å². The first-order valence-electron chi connectivity index (χ1n) is 9.33. The molecule has 1 saturated heterocycles. The van der Waals surface area contributed by atoms with Gasteiger partial charge in [-0.05, 0) is 43.3 Å². The van der Waals surface area contributed by atoms with Gasteiger partial charge in [0, 0.05) is 36.8 Å². The molecule has 0 unspecified atom stereocenters. The third-order valence-electron chi connectivity index (χ3n) is 5.14. The molecule has 0 N–H and O–H groups in total. The summed E-state index contributed by atoms with van der Waals surface area (Å²) in [5.41, 5.74) is 2.31. The highest BCUT2D eigenvalue weighted by Crippen LogP contribution is 2.29. The number of sulfonamides is 1. The SMILES string of the molecule is Cc1ccc(S(=O)(=O)N2CCN(C(=O)C3=Cc4cc(Cl)ccc4OC3)CC2)cc1. The highest BCUT2D eigenvalue weighted by atomic mass is 35.5. The van der Waals surface area contributed by atoms with Crippen molar-refractivity contribution in [2.45, 2.75) is 11.8 Å². The van der Waals surface area contributed by atoms with E-state index in [0.29, 0.717) is 29.4 Å². The molecule has 2 aromatic rings. The first kappa shape index (κ1) is 19.9. The summed E-state index contributed by atoms with van der Waals surface area (Å²) < 4.78 is 32.7. The number of nitrogens with zero attached hydrogens (tertiary/aromatic N) is 2. The largest absolute Gasteiger partial charge is 0.488 e. The molecule has 2 heterocycles. The van der Waals surface area contributed by atoms with E-state index in [9.17, 15) is 13.2 Å². The lowest BCUT2D eigenvalue weighted by molar-refractivity contribution is -0.128. The van der Waals surface area contributed by atoms with Crippen LogP contribution in [0.25, 0.3) is 6.08 Å². The van der Waals surface area contributed by atoms with Gasteiger partial charge in [0.1, 0.15) is 12.4 Å². The van der Waals surface area contributed by atoms with Crippen molar-refractivity contribution in [3.8, 4) is 5.75 Å². The summed E-state index contributed by atoms with van der Waals surface area (Å²) in [5.74, 6) is 0.558. The van der Waals surface area contributed by atoms with E-state index in [1.54, 1.807) is 53.4 Å². The number of fused-ring (bicyclic) bond motifs is 1. The van der Waals surface area contributed by atoms with Gasteiger partial charge >= 0.3 is 0 Å². The zero-order valence-electron chi connectivity index (χ0n) is 16.0. The van der Waals surface area contributed by atoms with Crippen LogP contribution in [0.2, 0.25) is 5.02 Å². The fraction of sp³-hybridized carbons (Fsp3) is 0.286. The predicted octanol–water partition coefficient (Wildman–Crippen LogP) is 2.96. The topological polar surface area (TPSA) is 66.9 Å². The molecule has 6 nitrogen and oxygen atoms in total. The minimum atomic E-state index is -3.56. The highest BCUT2D eigenvalue weighted by molar-refractivity contribution is 7.89. The Morgan fingerprint density at radius 3 is 2.41 bits per heavy atom. The standard InChI is InChI=1S/C21H21ClN2O4S/c1-15-2-5-19(6-3-15)29(26,27)24-10-8-23(9-11-24)21(25)17-12-16-13-18(22)4-7-20(16)28-14-17/h2-7,12-13H,8-11,14H2,1H3. The molecule has 0 saturated carbocycles. The Balaban J connectivity index is 1.44. The number of carbonyl (C=O) groups is 1. The van der Waals surface area contributed by atoms with Crippen molar-refractivity contribution in [1.82, 2.24) is 9.21 Å². The van der Waals surface area contributed by atoms with Gasteiger partial charge in [0.15, 0.2) is 0 Å². The predicted molar refractivity (Wildman–Crippen MR) is 111 cm³/mol. The van der Waals surface area contributed by atoms with Crippen molar-refractivity contribution in [1.29, 1.82) is 0 Å². The van der Waals surface area contributed by atoms with Crippen molar-refractivity contribution in [2.24, 2.45) is 0 Å². The molecular weight excluding hydrogens is 412 g/mol. The minimum absolute atomic E-state index is 0.136. The van der Waals surface area contributed by atoms with Crippen molar-refractivity contribution in [3.63, 3.8) is 0 Å². The summed E-state index contributed by atoms with van der Waals surface area (Å²) in [5, 5.41) is 0.576. The molecule has 2 aromatic carbocycles. The molecular formula is C21H21ClN2O4S. The van der Waals surface area contributed by atoms with Gasteiger partial charge in [0.05, 0.1) is 10.5 Å². The number of hydrogen-bond donors (Lipinski definition) is 0. The lowest BCUT2D eigenvalue weighted by atomic mass is 10.1. The smallest absolute Gasteiger partial charge is 0.253 e. The van der Waals surface area contributed by atoms with Crippen molar-refractivity contribution in [3.05, 3.63) is 64.2 Å². The summed E-state index contributed by atoms with van der Waals surface area (Å²) in [6.07, 6.45) is 1.79. The number of aryl methyl sites for hydroxylation is 1. The van der Waals surface area contributed by atoms with E-state index in [1.807, 2.05) is 6.92 Å². The van der Waals surface area contributed by atoms with E-state index in [-0.39, 0.29) is 30.5 Å². The second-order valence-electron chi connectivity index (χ2n) is 7.15. The molecule has 0 atom stereocenters. The molecule has 4 rings (SSSR count). The third-order valence-corrected chi connectivity index (χ3v) is 7.29. The highest BCUT2D eigenvalue weighted by Gasteiger charge is 2.31. The minimum Gasteiger partial charge on any atom is -0.488 e. The molecule has 0 aliphatic carbocycles. The number of carbonyl (C=O) groups excluding carboxylic acids is 1. The molecule has 2 aliphatic heterocycles. The summed E-state index contributed by atoms with van der Waals surface area (Å²) >= 11 is 6.03. The van der Waals surface area contributed by atoms with Crippen molar-refractivity contribution < 1.29 is 17.9 Å². The van der Waals surface area contributed by atoms with E-state index in [1.165, 1.54) is 4.31 Å². The molecule has 0 spiro atoms. The number of piperazine rings is 1. The number of amides is 1. The average molecular weight is 433 g/mol. The van der Waals surface area contributed by atoms with E-state index in [0.717, 1.165) is 11.1 Å². The Morgan fingerprint density at radius 1 is 1.03 bits per heavy atom. The summed E-state index contributed by atoms with van der Waals surface area (Å²) in [4.78, 5) is 14.8. The maximum absolute atomic E-state index is 12.9. The van der Waals surface area contributed by atoms with Gasteiger partial charge in [-0.1, -0.05) is 29.3 Å². The zero-order chi connectivity index (χ0) is 20.6. The molecule has 0 aromatic heterocycles. The molecule has 8 heteroatoms. The van der Waals surface area contributed by atoms with Crippen LogP contribution < -0.4 is 4.74 Å². The lowest BCUT2D eigenvalue weighted by Gasteiger charge is -2.34. The second-order valence-corrected chi connectivity index (χ2v) is 9.52. The first-order chi connectivity index (χ1) is 13.8. The molecule has 1 fully saturated rings. The fourth-order valence-corrected chi connectivity index (χ4v) is 5.07. The molecule has 1 amide bonds. The van der Waals surface area contributed by atoms with E-state index < -0.39 is 10.0 Å². The Kier molecular flexibility index (Phi) is 5.38. The Bertz CT molecular complexity index is 1070. The first-order valence-corrected chi connectivity index (χ1v) is 11.2. The number of rotatable bonds is 3. The van der Waals surface area contributed by atoms with Gasteiger partial charge in [0.2, 0.25) is 10.0 Å². The monoisotopic (exact) mass is 432 g/mol. The molecule has 152 valence electrons. The molecule has 29 heavy (non-hydrogen) atoms. The van der Waals surface area contributed by atoms with E-state index >= 15 is 0 Å². The maximum Gasteiger partial charge on any atom is 0.253 e. The van der Waals surface area contributed by atoms with Crippen LogP contribution in [0, 0.1) is 6.92 Å². The lowest BCUT2D eigenvalue weighted by Crippen LogP contribution is -2.51. The number of hydrogen-bond acceptors (Lipinski definition) is 4.